The van der Waals surface area contributed by atoms with E-state index in [1.807, 2.05) is 32.0 Å². The van der Waals surface area contributed by atoms with Gasteiger partial charge in [0.1, 0.15) is 5.75 Å². The zero-order valence-corrected chi connectivity index (χ0v) is 8.79. The van der Waals surface area contributed by atoms with Gasteiger partial charge in [-0.15, -0.1) is 0 Å². The van der Waals surface area contributed by atoms with E-state index in [9.17, 15) is 0 Å². The molecule has 0 amide bonds. The van der Waals surface area contributed by atoms with Gasteiger partial charge in [-0.05, 0) is 31.0 Å². The minimum Gasteiger partial charge on any atom is -0.494 e. The molecule has 0 radical (unpaired) electrons. The summed E-state index contributed by atoms with van der Waals surface area (Å²) in [7, 11) is 0. The lowest BCUT2D eigenvalue weighted by atomic mass is 10.0. The summed E-state index contributed by atoms with van der Waals surface area (Å²) in [5.74, 6) is 0.917. The fraction of sp³-hybridized carbons (Fsp3) is 0.455. The van der Waals surface area contributed by atoms with E-state index >= 15 is 0 Å². The molecule has 3 heteroatoms. The number of nitrogens with two attached hydrogens (primary N) is 2. The van der Waals surface area contributed by atoms with E-state index in [1.165, 1.54) is 0 Å². The van der Waals surface area contributed by atoms with Gasteiger partial charge in [-0.3, -0.25) is 0 Å². The quantitative estimate of drug-likeness (QED) is 0.760. The zero-order valence-electron chi connectivity index (χ0n) is 8.79. The molecule has 0 aliphatic heterocycles. The van der Waals surface area contributed by atoms with Crippen molar-refractivity contribution in [2.75, 3.05) is 13.2 Å². The average Bonchev–Trinajstić information content (AvgIpc) is 2.20. The second-order valence-electron chi connectivity index (χ2n) is 3.30. The molecule has 78 valence electrons. The summed E-state index contributed by atoms with van der Waals surface area (Å²) in [6, 6.07) is 5.87. The van der Waals surface area contributed by atoms with Crippen LogP contribution in [0.2, 0.25) is 0 Å². The highest BCUT2D eigenvalue weighted by Gasteiger charge is 2.05. The number of aryl methyl sites for hydroxylation is 1. The molecule has 14 heavy (non-hydrogen) atoms. The monoisotopic (exact) mass is 194 g/mol. The maximum atomic E-state index is 5.82. The summed E-state index contributed by atoms with van der Waals surface area (Å²) in [5, 5.41) is 0. The Bertz CT molecular complexity index is 299. The normalized spacial score (nSPS) is 12.6. The molecular weight excluding hydrogens is 176 g/mol. The molecule has 1 aromatic carbocycles. The molecule has 0 aromatic heterocycles. The first-order chi connectivity index (χ1) is 6.69. The van der Waals surface area contributed by atoms with Gasteiger partial charge in [0.15, 0.2) is 0 Å². The van der Waals surface area contributed by atoms with Gasteiger partial charge in [-0.1, -0.05) is 12.1 Å². The van der Waals surface area contributed by atoms with Crippen LogP contribution in [0.15, 0.2) is 18.2 Å². The molecule has 3 nitrogen and oxygen atoms in total. The van der Waals surface area contributed by atoms with Crippen molar-refractivity contribution < 1.29 is 4.74 Å². The SMILES string of the molecule is CCOc1ccc(C(N)CN)cc1C. The van der Waals surface area contributed by atoms with Crippen LogP contribution >= 0.6 is 0 Å². The van der Waals surface area contributed by atoms with E-state index < -0.39 is 0 Å². The minimum absolute atomic E-state index is 0.0793. The Morgan fingerprint density at radius 2 is 2.14 bits per heavy atom. The van der Waals surface area contributed by atoms with Crippen LogP contribution in [0.25, 0.3) is 0 Å². The highest BCUT2D eigenvalue weighted by molar-refractivity contribution is 5.37. The third-order valence-electron chi connectivity index (χ3n) is 2.18. The number of hydrogen-bond donors (Lipinski definition) is 2. The van der Waals surface area contributed by atoms with Gasteiger partial charge in [-0.2, -0.15) is 0 Å². The largest absolute Gasteiger partial charge is 0.494 e. The van der Waals surface area contributed by atoms with Crippen molar-refractivity contribution in [3.05, 3.63) is 29.3 Å². The van der Waals surface area contributed by atoms with Gasteiger partial charge in [0.25, 0.3) is 0 Å². The highest BCUT2D eigenvalue weighted by atomic mass is 16.5. The van der Waals surface area contributed by atoms with Crippen molar-refractivity contribution in [3.63, 3.8) is 0 Å². The number of ether oxygens (including phenoxy) is 1. The molecule has 1 aromatic rings. The van der Waals surface area contributed by atoms with Crippen LogP contribution in [0, 0.1) is 6.92 Å². The van der Waals surface area contributed by atoms with Crippen molar-refractivity contribution in [2.24, 2.45) is 11.5 Å². The maximum absolute atomic E-state index is 5.82. The summed E-state index contributed by atoms with van der Waals surface area (Å²) in [4.78, 5) is 0. The van der Waals surface area contributed by atoms with Crippen molar-refractivity contribution in [3.8, 4) is 5.75 Å². The van der Waals surface area contributed by atoms with Crippen molar-refractivity contribution in [2.45, 2.75) is 19.9 Å². The Morgan fingerprint density at radius 3 is 2.64 bits per heavy atom. The van der Waals surface area contributed by atoms with E-state index in [1.54, 1.807) is 0 Å². The zero-order chi connectivity index (χ0) is 10.6. The molecule has 0 fully saturated rings. The molecule has 1 atom stereocenters. The van der Waals surface area contributed by atoms with Gasteiger partial charge in [0.2, 0.25) is 0 Å². The van der Waals surface area contributed by atoms with Crippen LogP contribution < -0.4 is 16.2 Å². The fourth-order valence-electron chi connectivity index (χ4n) is 1.36. The molecule has 1 unspecified atom stereocenters. The van der Waals surface area contributed by atoms with Gasteiger partial charge in [-0.25, -0.2) is 0 Å². The van der Waals surface area contributed by atoms with E-state index in [-0.39, 0.29) is 6.04 Å². The van der Waals surface area contributed by atoms with Crippen LogP contribution in [0.3, 0.4) is 0 Å². The van der Waals surface area contributed by atoms with Gasteiger partial charge in [0, 0.05) is 12.6 Å². The molecule has 0 saturated heterocycles. The standard InChI is InChI=1S/C11H18N2O/c1-3-14-11-5-4-9(6-8(11)2)10(13)7-12/h4-6,10H,3,7,12-13H2,1-2H3. The summed E-state index contributed by atoms with van der Waals surface area (Å²) < 4.78 is 5.43. The third kappa shape index (κ3) is 2.47. The lowest BCUT2D eigenvalue weighted by molar-refractivity contribution is 0.337. The van der Waals surface area contributed by atoms with E-state index in [0.717, 1.165) is 16.9 Å². The number of rotatable bonds is 4. The van der Waals surface area contributed by atoms with Crippen LogP contribution in [-0.2, 0) is 0 Å². The first kappa shape index (κ1) is 11.0. The van der Waals surface area contributed by atoms with E-state index in [0.29, 0.717) is 13.2 Å². The Morgan fingerprint density at radius 1 is 1.43 bits per heavy atom. The molecular formula is C11H18N2O. The first-order valence-electron chi connectivity index (χ1n) is 4.88. The first-order valence-corrected chi connectivity index (χ1v) is 4.88. The predicted octanol–water partition coefficient (Wildman–Crippen LogP) is 1.35. The van der Waals surface area contributed by atoms with Crippen LogP contribution in [0.1, 0.15) is 24.1 Å². The van der Waals surface area contributed by atoms with Crippen LogP contribution in [0.5, 0.6) is 5.75 Å². The molecule has 0 saturated carbocycles. The van der Waals surface area contributed by atoms with Gasteiger partial charge in [0.05, 0.1) is 6.61 Å². The van der Waals surface area contributed by atoms with Crippen molar-refractivity contribution in [1.29, 1.82) is 0 Å². The second-order valence-corrected chi connectivity index (χ2v) is 3.30. The number of hydrogen-bond acceptors (Lipinski definition) is 3. The van der Waals surface area contributed by atoms with E-state index in [2.05, 4.69) is 0 Å². The summed E-state index contributed by atoms with van der Waals surface area (Å²) in [5.41, 5.74) is 13.5. The van der Waals surface area contributed by atoms with Crippen molar-refractivity contribution >= 4 is 0 Å². The van der Waals surface area contributed by atoms with E-state index in [4.69, 9.17) is 16.2 Å². The fourth-order valence-corrected chi connectivity index (χ4v) is 1.36. The predicted molar refractivity (Wildman–Crippen MR) is 58.3 cm³/mol. The van der Waals surface area contributed by atoms with Crippen LogP contribution in [-0.4, -0.2) is 13.2 Å². The summed E-state index contributed by atoms with van der Waals surface area (Å²) in [6.07, 6.45) is 0. The number of benzene rings is 1. The molecule has 0 aliphatic rings. The molecule has 0 spiro atoms. The third-order valence-corrected chi connectivity index (χ3v) is 2.18. The topological polar surface area (TPSA) is 61.3 Å². The maximum Gasteiger partial charge on any atom is 0.122 e. The molecule has 0 aliphatic carbocycles. The second kappa shape index (κ2) is 4.98. The lowest BCUT2D eigenvalue weighted by Gasteiger charge is -2.12. The highest BCUT2D eigenvalue weighted by Crippen LogP contribution is 2.21. The smallest absolute Gasteiger partial charge is 0.122 e. The molecule has 0 bridgehead atoms. The Kier molecular flexibility index (Phi) is 3.92. The Labute approximate surface area is 85.0 Å². The molecule has 1 rings (SSSR count). The average molecular weight is 194 g/mol. The minimum atomic E-state index is -0.0793. The Balaban J connectivity index is 2.88. The molecule has 4 N–H and O–H groups in total. The van der Waals surface area contributed by atoms with Crippen molar-refractivity contribution in [1.82, 2.24) is 0 Å². The van der Waals surface area contributed by atoms with Gasteiger partial charge >= 0.3 is 0 Å². The lowest BCUT2D eigenvalue weighted by Crippen LogP contribution is -2.20. The Hall–Kier alpha value is -1.06. The summed E-state index contributed by atoms with van der Waals surface area (Å²) in [6.45, 7) is 5.13. The molecule has 0 heterocycles. The summed E-state index contributed by atoms with van der Waals surface area (Å²) >= 11 is 0. The van der Waals surface area contributed by atoms with Gasteiger partial charge < -0.3 is 16.2 Å². The van der Waals surface area contributed by atoms with Crippen LogP contribution in [0.4, 0.5) is 0 Å².